The molecule has 0 fully saturated rings. The van der Waals surface area contributed by atoms with E-state index in [1.54, 1.807) is 0 Å². The first-order valence-electron chi connectivity index (χ1n) is 8.58. The SMILES string of the molecule is CC(C)(C)CC1=CCC(c2ccc(CC(C)(C)C)cc2)C=C1. The van der Waals surface area contributed by atoms with Crippen molar-refractivity contribution in [3.8, 4) is 0 Å². The van der Waals surface area contributed by atoms with Gasteiger partial charge >= 0.3 is 0 Å². The van der Waals surface area contributed by atoms with Gasteiger partial charge in [-0.25, -0.2) is 0 Å². The molecule has 0 saturated heterocycles. The highest BCUT2D eigenvalue weighted by Crippen LogP contribution is 2.32. The van der Waals surface area contributed by atoms with Crippen LogP contribution in [0.1, 0.15) is 71.4 Å². The minimum Gasteiger partial charge on any atom is -0.0804 e. The Labute approximate surface area is 137 Å². The number of hydrogen-bond donors (Lipinski definition) is 0. The maximum atomic E-state index is 2.43. The van der Waals surface area contributed by atoms with Gasteiger partial charge in [-0.05, 0) is 41.2 Å². The van der Waals surface area contributed by atoms with E-state index in [0.29, 0.717) is 16.7 Å². The highest BCUT2D eigenvalue weighted by atomic mass is 14.2. The van der Waals surface area contributed by atoms with E-state index in [9.17, 15) is 0 Å². The summed E-state index contributed by atoms with van der Waals surface area (Å²) in [4.78, 5) is 0. The van der Waals surface area contributed by atoms with Gasteiger partial charge < -0.3 is 0 Å². The summed E-state index contributed by atoms with van der Waals surface area (Å²) in [6.45, 7) is 13.8. The number of benzene rings is 1. The van der Waals surface area contributed by atoms with Gasteiger partial charge in [0, 0.05) is 5.92 Å². The van der Waals surface area contributed by atoms with Crippen LogP contribution in [-0.2, 0) is 6.42 Å². The lowest BCUT2D eigenvalue weighted by Gasteiger charge is -2.23. The zero-order chi connectivity index (χ0) is 16.4. The first-order chi connectivity index (χ1) is 10.1. The van der Waals surface area contributed by atoms with Crippen LogP contribution in [0.2, 0.25) is 0 Å². The Morgan fingerprint density at radius 2 is 1.45 bits per heavy atom. The van der Waals surface area contributed by atoms with Gasteiger partial charge in [0.25, 0.3) is 0 Å². The van der Waals surface area contributed by atoms with Gasteiger partial charge in [0.15, 0.2) is 0 Å². The molecule has 0 bridgehead atoms. The molecule has 0 aromatic heterocycles. The third-order valence-electron chi connectivity index (χ3n) is 4.05. The number of rotatable bonds is 3. The van der Waals surface area contributed by atoms with Gasteiger partial charge in [-0.3, -0.25) is 0 Å². The Morgan fingerprint density at radius 3 is 1.91 bits per heavy atom. The molecule has 0 N–H and O–H groups in total. The van der Waals surface area contributed by atoms with Crippen molar-refractivity contribution in [2.75, 3.05) is 0 Å². The second-order valence-corrected chi connectivity index (χ2v) is 9.20. The summed E-state index contributed by atoms with van der Waals surface area (Å²) in [6, 6.07) is 9.25. The molecule has 1 aliphatic rings. The molecule has 1 aromatic rings. The monoisotopic (exact) mass is 296 g/mol. The summed E-state index contributed by atoms with van der Waals surface area (Å²) in [5.41, 5.74) is 5.11. The van der Waals surface area contributed by atoms with Crippen molar-refractivity contribution in [1.29, 1.82) is 0 Å². The summed E-state index contributed by atoms with van der Waals surface area (Å²) >= 11 is 0. The van der Waals surface area contributed by atoms with Gasteiger partial charge in [-0.15, -0.1) is 0 Å². The zero-order valence-corrected chi connectivity index (χ0v) is 15.2. The lowest BCUT2D eigenvalue weighted by molar-refractivity contribution is 0.411. The van der Waals surface area contributed by atoms with Crippen molar-refractivity contribution >= 4 is 0 Å². The van der Waals surface area contributed by atoms with E-state index >= 15 is 0 Å². The van der Waals surface area contributed by atoms with Crippen molar-refractivity contribution in [3.63, 3.8) is 0 Å². The van der Waals surface area contributed by atoms with Crippen molar-refractivity contribution in [2.45, 2.75) is 66.7 Å². The Hall–Kier alpha value is -1.30. The molecule has 1 unspecified atom stereocenters. The van der Waals surface area contributed by atoms with Crippen molar-refractivity contribution < 1.29 is 0 Å². The van der Waals surface area contributed by atoms with Gasteiger partial charge in [0.2, 0.25) is 0 Å². The average Bonchev–Trinajstić information content (AvgIpc) is 2.37. The molecule has 0 radical (unpaired) electrons. The molecule has 0 saturated carbocycles. The third kappa shape index (κ3) is 5.48. The molecule has 1 aliphatic carbocycles. The van der Waals surface area contributed by atoms with E-state index in [1.807, 2.05) is 0 Å². The van der Waals surface area contributed by atoms with Crippen LogP contribution >= 0.6 is 0 Å². The second-order valence-electron chi connectivity index (χ2n) is 9.20. The maximum Gasteiger partial charge on any atom is 0.00559 e. The van der Waals surface area contributed by atoms with Crippen LogP contribution in [0, 0.1) is 10.8 Å². The largest absolute Gasteiger partial charge is 0.0804 e. The van der Waals surface area contributed by atoms with E-state index in [1.165, 1.54) is 23.1 Å². The number of hydrogen-bond acceptors (Lipinski definition) is 0. The van der Waals surface area contributed by atoms with E-state index in [-0.39, 0.29) is 0 Å². The number of allylic oxidation sites excluding steroid dienone is 4. The van der Waals surface area contributed by atoms with Crippen molar-refractivity contribution in [1.82, 2.24) is 0 Å². The maximum absolute atomic E-state index is 2.43. The predicted octanol–water partition coefficient (Wildman–Crippen LogP) is 6.68. The fourth-order valence-corrected chi connectivity index (χ4v) is 3.15. The summed E-state index contributed by atoms with van der Waals surface area (Å²) in [5, 5.41) is 0. The fourth-order valence-electron chi connectivity index (χ4n) is 3.15. The van der Waals surface area contributed by atoms with Gasteiger partial charge in [0.05, 0.1) is 0 Å². The molecule has 2 rings (SSSR count). The second kappa shape index (κ2) is 6.44. The fraction of sp³-hybridized carbons (Fsp3) is 0.545. The summed E-state index contributed by atoms with van der Waals surface area (Å²) in [6.07, 6.45) is 10.6. The molecule has 1 atom stereocenters. The van der Waals surface area contributed by atoms with Crippen LogP contribution in [0.15, 0.2) is 48.1 Å². The van der Waals surface area contributed by atoms with E-state index in [2.05, 4.69) is 84.0 Å². The molecule has 0 amide bonds. The molecule has 0 aliphatic heterocycles. The minimum absolute atomic E-state index is 0.358. The average molecular weight is 296 g/mol. The molecule has 0 spiro atoms. The van der Waals surface area contributed by atoms with Gasteiger partial charge in [-0.1, -0.05) is 89.6 Å². The van der Waals surface area contributed by atoms with E-state index in [4.69, 9.17) is 0 Å². The zero-order valence-electron chi connectivity index (χ0n) is 15.2. The van der Waals surface area contributed by atoms with Crippen LogP contribution in [0.5, 0.6) is 0 Å². The highest BCUT2D eigenvalue weighted by molar-refractivity contribution is 5.34. The van der Waals surface area contributed by atoms with Crippen LogP contribution in [0.25, 0.3) is 0 Å². The Bertz CT molecular complexity index is 541. The van der Waals surface area contributed by atoms with Crippen LogP contribution < -0.4 is 0 Å². The smallest absolute Gasteiger partial charge is 0.00559 e. The molecule has 22 heavy (non-hydrogen) atoms. The van der Waals surface area contributed by atoms with Crippen LogP contribution in [0.3, 0.4) is 0 Å². The first kappa shape index (κ1) is 17.1. The molecular weight excluding hydrogens is 264 g/mol. The Balaban J connectivity index is 1.99. The van der Waals surface area contributed by atoms with Gasteiger partial charge in [0.1, 0.15) is 0 Å². The lowest BCUT2D eigenvalue weighted by atomic mass is 9.82. The van der Waals surface area contributed by atoms with E-state index in [0.717, 1.165) is 12.8 Å². The van der Waals surface area contributed by atoms with Crippen molar-refractivity contribution in [2.24, 2.45) is 10.8 Å². The quantitative estimate of drug-likeness (QED) is 0.583. The normalized spacial score (nSPS) is 19.2. The van der Waals surface area contributed by atoms with Crippen molar-refractivity contribution in [3.05, 3.63) is 59.2 Å². The molecule has 0 nitrogen and oxygen atoms in total. The van der Waals surface area contributed by atoms with Crippen LogP contribution in [-0.4, -0.2) is 0 Å². The highest BCUT2D eigenvalue weighted by Gasteiger charge is 2.16. The van der Waals surface area contributed by atoms with Crippen LogP contribution in [0.4, 0.5) is 0 Å². The molecule has 0 heterocycles. The van der Waals surface area contributed by atoms with E-state index < -0.39 is 0 Å². The summed E-state index contributed by atoms with van der Waals surface area (Å²) < 4.78 is 0. The topological polar surface area (TPSA) is 0 Å². The molecule has 0 heteroatoms. The Morgan fingerprint density at radius 1 is 0.864 bits per heavy atom. The molecule has 1 aromatic carbocycles. The minimum atomic E-state index is 0.358. The standard InChI is InChI=1S/C22H32/c1-21(2,3)15-17-7-11-19(12-8-17)20-13-9-18(10-14-20)16-22(4,5)6/h7-13,20H,14-16H2,1-6H3. The predicted molar refractivity (Wildman–Crippen MR) is 98.3 cm³/mol. The summed E-state index contributed by atoms with van der Waals surface area (Å²) in [5.74, 6) is 0.549. The lowest BCUT2D eigenvalue weighted by Crippen LogP contribution is -2.09. The summed E-state index contributed by atoms with van der Waals surface area (Å²) in [7, 11) is 0. The van der Waals surface area contributed by atoms with Gasteiger partial charge in [-0.2, -0.15) is 0 Å². The molecule has 120 valence electrons. The third-order valence-corrected chi connectivity index (χ3v) is 4.05. The molecular formula is C22H32. The first-order valence-corrected chi connectivity index (χ1v) is 8.58. The Kier molecular flexibility index (Phi) is 5.00.